The number of aryl methyl sites for hydroxylation is 2. The molecule has 0 saturated carbocycles. The first-order valence-electron chi connectivity index (χ1n) is 9.85. The fraction of sp³-hybridized carbons (Fsp3) is 0.261. The molecule has 0 aliphatic carbocycles. The van der Waals surface area contributed by atoms with Crippen molar-refractivity contribution in [3.63, 3.8) is 0 Å². The summed E-state index contributed by atoms with van der Waals surface area (Å²) in [6.07, 6.45) is 0. The van der Waals surface area contributed by atoms with Crippen LogP contribution in [0.15, 0.2) is 47.0 Å². The molecule has 2 aromatic carbocycles. The van der Waals surface area contributed by atoms with Crippen LogP contribution in [0.1, 0.15) is 44.7 Å². The average molecular weight is 423 g/mol. The molecule has 0 fully saturated rings. The van der Waals surface area contributed by atoms with E-state index in [4.69, 9.17) is 14.0 Å². The zero-order valence-electron chi connectivity index (χ0n) is 17.9. The highest BCUT2D eigenvalue weighted by atomic mass is 16.5. The highest BCUT2D eigenvalue weighted by Crippen LogP contribution is 2.30. The number of carbonyl (C=O) groups excluding carboxylic acids is 2. The Morgan fingerprint density at radius 1 is 1.00 bits per heavy atom. The molecule has 31 heavy (non-hydrogen) atoms. The van der Waals surface area contributed by atoms with E-state index in [-0.39, 0.29) is 18.4 Å². The molecule has 0 bridgehead atoms. The minimum Gasteiger partial charge on any atom is -0.493 e. The highest BCUT2D eigenvalue weighted by molar-refractivity contribution is 6.05. The maximum absolute atomic E-state index is 12.6. The highest BCUT2D eigenvalue weighted by Gasteiger charge is 2.14. The largest absolute Gasteiger partial charge is 0.493 e. The average Bonchev–Trinajstić information content (AvgIpc) is 3.10. The molecule has 8 heteroatoms. The SMILES string of the molecule is CCNC(=O)c1ccc(NC(=O)c2ccc(OCc3c(C)noc3C)c(OC)c2)cc1. The van der Waals surface area contributed by atoms with Crippen molar-refractivity contribution in [1.82, 2.24) is 10.5 Å². The Hall–Kier alpha value is -3.81. The van der Waals surface area contributed by atoms with Gasteiger partial charge in [0.1, 0.15) is 12.4 Å². The number of anilines is 1. The van der Waals surface area contributed by atoms with Crippen LogP contribution in [0.5, 0.6) is 11.5 Å². The number of ether oxygens (including phenoxy) is 2. The first-order valence-corrected chi connectivity index (χ1v) is 9.85. The van der Waals surface area contributed by atoms with Crippen molar-refractivity contribution in [3.05, 3.63) is 70.6 Å². The van der Waals surface area contributed by atoms with Gasteiger partial charge < -0.3 is 24.6 Å². The lowest BCUT2D eigenvalue weighted by Gasteiger charge is -2.12. The minimum absolute atomic E-state index is 0.155. The first kappa shape index (κ1) is 21.9. The summed E-state index contributed by atoms with van der Waals surface area (Å²) in [5, 5.41) is 9.45. The Morgan fingerprint density at radius 2 is 1.71 bits per heavy atom. The minimum atomic E-state index is -0.304. The van der Waals surface area contributed by atoms with Crippen LogP contribution in [0, 0.1) is 13.8 Å². The lowest BCUT2D eigenvalue weighted by atomic mass is 10.1. The summed E-state index contributed by atoms with van der Waals surface area (Å²) in [7, 11) is 1.51. The molecule has 0 aliphatic rings. The van der Waals surface area contributed by atoms with E-state index >= 15 is 0 Å². The van der Waals surface area contributed by atoms with Gasteiger partial charge in [0.05, 0.1) is 18.4 Å². The fourth-order valence-corrected chi connectivity index (χ4v) is 2.96. The van der Waals surface area contributed by atoms with Gasteiger partial charge in [0.25, 0.3) is 11.8 Å². The molecule has 0 spiro atoms. The van der Waals surface area contributed by atoms with E-state index in [9.17, 15) is 9.59 Å². The summed E-state index contributed by atoms with van der Waals surface area (Å²) in [4.78, 5) is 24.5. The number of hydrogen-bond acceptors (Lipinski definition) is 6. The van der Waals surface area contributed by atoms with Gasteiger partial charge in [-0.15, -0.1) is 0 Å². The predicted molar refractivity (Wildman–Crippen MR) is 116 cm³/mol. The van der Waals surface area contributed by atoms with E-state index in [0.717, 1.165) is 11.3 Å². The molecular formula is C23H25N3O5. The number of amides is 2. The maximum Gasteiger partial charge on any atom is 0.255 e. The lowest BCUT2D eigenvalue weighted by Crippen LogP contribution is -2.22. The summed E-state index contributed by atoms with van der Waals surface area (Å²) in [5.74, 6) is 1.18. The molecule has 3 rings (SSSR count). The number of rotatable bonds is 8. The van der Waals surface area contributed by atoms with Crippen LogP contribution in [0.3, 0.4) is 0 Å². The van der Waals surface area contributed by atoms with Gasteiger partial charge in [-0.05, 0) is 63.2 Å². The van der Waals surface area contributed by atoms with Gasteiger partial charge in [-0.25, -0.2) is 0 Å². The number of aromatic nitrogens is 1. The van der Waals surface area contributed by atoms with Crippen LogP contribution in [0.4, 0.5) is 5.69 Å². The van der Waals surface area contributed by atoms with Crippen LogP contribution >= 0.6 is 0 Å². The topological polar surface area (TPSA) is 103 Å². The van der Waals surface area contributed by atoms with Gasteiger partial charge in [0.2, 0.25) is 0 Å². The zero-order chi connectivity index (χ0) is 22.4. The van der Waals surface area contributed by atoms with Crippen molar-refractivity contribution in [2.24, 2.45) is 0 Å². The monoisotopic (exact) mass is 423 g/mol. The van der Waals surface area contributed by atoms with Gasteiger partial charge in [-0.2, -0.15) is 0 Å². The number of methoxy groups -OCH3 is 1. The van der Waals surface area contributed by atoms with E-state index in [1.54, 1.807) is 42.5 Å². The third kappa shape index (κ3) is 5.22. The Labute approximate surface area is 180 Å². The normalized spacial score (nSPS) is 10.5. The molecular weight excluding hydrogens is 398 g/mol. The van der Waals surface area contributed by atoms with Gasteiger partial charge in [-0.3, -0.25) is 9.59 Å². The summed E-state index contributed by atoms with van der Waals surface area (Å²) >= 11 is 0. The van der Waals surface area contributed by atoms with E-state index in [2.05, 4.69) is 15.8 Å². The lowest BCUT2D eigenvalue weighted by molar-refractivity contribution is 0.0955. The Kier molecular flexibility index (Phi) is 6.92. The molecule has 0 saturated heterocycles. The Morgan fingerprint density at radius 3 is 2.32 bits per heavy atom. The van der Waals surface area contributed by atoms with E-state index in [1.807, 2.05) is 20.8 Å². The van der Waals surface area contributed by atoms with Crippen LogP contribution < -0.4 is 20.1 Å². The molecule has 0 atom stereocenters. The number of nitrogens with one attached hydrogen (secondary N) is 2. The quantitative estimate of drug-likeness (QED) is 0.570. The zero-order valence-corrected chi connectivity index (χ0v) is 17.9. The molecule has 162 valence electrons. The molecule has 1 heterocycles. The third-order valence-corrected chi connectivity index (χ3v) is 4.72. The molecule has 2 N–H and O–H groups in total. The predicted octanol–water partition coefficient (Wildman–Crippen LogP) is 3.88. The molecule has 1 aromatic heterocycles. The molecule has 2 amide bonds. The molecule has 3 aromatic rings. The number of benzene rings is 2. The van der Waals surface area contributed by atoms with Gasteiger partial charge in [0, 0.05) is 23.4 Å². The van der Waals surface area contributed by atoms with E-state index in [1.165, 1.54) is 7.11 Å². The maximum atomic E-state index is 12.6. The molecule has 0 aliphatic heterocycles. The fourth-order valence-electron chi connectivity index (χ4n) is 2.96. The van der Waals surface area contributed by atoms with Gasteiger partial charge in [-0.1, -0.05) is 5.16 Å². The second-order valence-corrected chi connectivity index (χ2v) is 6.85. The van der Waals surface area contributed by atoms with Crippen LogP contribution in [-0.4, -0.2) is 30.6 Å². The van der Waals surface area contributed by atoms with Crippen molar-refractivity contribution < 1.29 is 23.6 Å². The van der Waals surface area contributed by atoms with Crippen LogP contribution in [-0.2, 0) is 6.61 Å². The van der Waals surface area contributed by atoms with Crippen molar-refractivity contribution in [3.8, 4) is 11.5 Å². The molecule has 0 unspecified atom stereocenters. The van der Waals surface area contributed by atoms with E-state index in [0.29, 0.717) is 40.6 Å². The summed E-state index contributed by atoms with van der Waals surface area (Å²) in [5.41, 5.74) is 3.16. The molecule has 0 radical (unpaired) electrons. The van der Waals surface area contributed by atoms with Crippen molar-refractivity contribution in [2.75, 3.05) is 19.0 Å². The Bertz CT molecular complexity index is 1050. The van der Waals surface area contributed by atoms with Crippen LogP contribution in [0.2, 0.25) is 0 Å². The number of hydrogen-bond donors (Lipinski definition) is 2. The number of nitrogens with zero attached hydrogens (tertiary/aromatic N) is 1. The van der Waals surface area contributed by atoms with Crippen LogP contribution in [0.25, 0.3) is 0 Å². The van der Waals surface area contributed by atoms with Crippen molar-refractivity contribution in [2.45, 2.75) is 27.4 Å². The third-order valence-electron chi connectivity index (χ3n) is 4.72. The van der Waals surface area contributed by atoms with Gasteiger partial charge >= 0.3 is 0 Å². The summed E-state index contributed by atoms with van der Waals surface area (Å²) in [6, 6.07) is 11.6. The summed E-state index contributed by atoms with van der Waals surface area (Å²) in [6.45, 7) is 6.36. The summed E-state index contributed by atoms with van der Waals surface area (Å²) < 4.78 is 16.4. The van der Waals surface area contributed by atoms with E-state index < -0.39 is 0 Å². The smallest absolute Gasteiger partial charge is 0.255 e. The number of carbonyl (C=O) groups is 2. The molecule has 8 nitrogen and oxygen atoms in total. The van der Waals surface area contributed by atoms with Crippen molar-refractivity contribution >= 4 is 17.5 Å². The Balaban J connectivity index is 1.68. The van der Waals surface area contributed by atoms with Crippen molar-refractivity contribution in [1.29, 1.82) is 0 Å². The standard InChI is InChI=1S/C23H25N3O5/c1-5-24-22(27)16-6-9-18(10-7-16)25-23(28)17-8-11-20(21(12-17)29-4)30-13-19-14(2)26-31-15(19)3/h6-12H,5,13H2,1-4H3,(H,24,27)(H,25,28). The first-order chi connectivity index (χ1) is 14.9. The second kappa shape index (κ2) is 9.80. The second-order valence-electron chi connectivity index (χ2n) is 6.85. The van der Waals surface area contributed by atoms with Gasteiger partial charge in [0.15, 0.2) is 11.5 Å².